The standard InChI is InChI=1S/C14H23N5O/c1-8(2)15-13-16-10(12(20)17-13)9-7-19(6)18-11(9)14(3,4)5/h7-8,10H,1-6H3,(H2,15,16,17,20). The first-order valence-corrected chi connectivity index (χ1v) is 6.87. The zero-order valence-corrected chi connectivity index (χ0v) is 13.0. The average Bonchev–Trinajstić information content (AvgIpc) is 2.80. The monoisotopic (exact) mass is 277 g/mol. The maximum Gasteiger partial charge on any atom is 0.256 e. The summed E-state index contributed by atoms with van der Waals surface area (Å²) in [6, 6.07) is -0.289. The highest BCUT2D eigenvalue weighted by molar-refractivity contribution is 6.05. The summed E-state index contributed by atoms with van der Waals surface area (Å²) >= 11 is 0. The number of guanidine groups is 1. The Morgan fingerprint density at radius 3 is 2.60 bits per heavy atom. The van der Waals surface area contributed by atoms with E-state index < -0.39 is 6.04 Å². The lowest BCUT2D eigenvalue weighted by Gasteiger charge is -2.18. The minimum absolute atomic E-state index is 0.105. The molecule has 0 fully saturated rings. The number of aliphatic imine (C=N–C) groups is 1. The Morgan fingerprint density at radius 2 is 2.05 bits per heavy atom. The van der Waals surface area contributed by atoms with E-state index in [1.165, 1.54) is 0 Å². The molecule has 2 N–H and O–H groups in total. The average molecular weight is 277 g/mol. The van der Waals surface area contributed by atoms with Crippen LogP contribution >= 0.6 is 0 Å². The minimum atomic E-state index is -0.515. The van der Waals surface area contributed by atoms with E-state index in [9.17, 15) is 4.79 Å². The first-order chi connectivity index (χ1) is 9.18. The van der Waals surface area contributed by atoms with Gasteiger partial charge >= 0.3 is 0 Å². The van der Waals surface area contributed by atoms with Gasteiger partial charge in [-0.15, -0.1) is 0 Å². The van der Waals surface area contributed by atoms with Crippen LogP contribution in [0.5, 0.6) is 0 Å². The lowest BCUT2D eigenvalue weighted by molar-refractivity contribution is -0.120. The molecule has 6 heteroatoms. The molecule has 1 aliphatic rings. The first kappa shape index (κ1) is 14.6. The molecular formula is C14H23N5O. The van der Waals surface area contributed by atoms with E-state index in [1.54, 1.807) is 4.68 Å². The Balaban J connectivity index is 2.37. The molecule has 0 saturated heterocycles. The molecule has 1 aliphatic heterocycles. The van der Waals surface area contributed by atoms with Gasteiger partial charge < -0.3 is 5.32 Å². The van der Waals surface area contributed by atoms with Gasteiger partial charge in [-0.3, -0.25) is 14.8 Å². The van der Waals surface area contributed by atoms with Gasteiger partial charge in [-0.25, -0.2) is 4.99 Å². The van der Waals surface area contributed by atoms with Crippen LogP contribution in [-0.2, 0) is 17.3 Å². The summed E-state index contributed by atoms with van der Waals surface area (Å²) in [4.78, 5) is 16.6. The maximum absolute atomic E-state index is 12.2. The lowest BCUT2D eigenvalue weighted by atomic mass is 9.87. The van der Waals surface area contributed by atoms with Gasteiger partial charge in [0.15, 0.2) is 12.0 Å². The zero-order valence-electron chi connectivity index (χ0n) is 13.0. The Morgan fingerprint density at radius 1 is 1.40 bits per heavy atom. The van der Waals surface area contributed by atoms with E-state index in [0.717, 1.165) is 11.3 Å². The third-order valence-electron chi connectivity index (χ3n) is 3.04. The van der Waals surface area contributed by atoms with Gasteiger partial charge in [0.05, 0.1) is 5.69 Å². The number of nitrogens with zero attached hydrogens (tertiary/aromatic N) is 3. The van der Waals surface area contributed by atoms with Gasteiger partial charge in [0.25, 0.3) is 5.91 Å². The molecule has 20 heavy (non-hydrogen) atoms. The third kappa shape index (κ3) is 2.84. The van der Waals surface area contributed by atoms with Gasteiger partial charge in [0.2, 0.25) is 0 Å². The molecule has 1 aromatic heterocycles. The van der Waals surface area contributed by atoms with Crippen molar-refractivity contribution >= 4 is 11.9 Å². The van der Waals surface area contributed by atoms with E-state index in [0.29, 0.717) is 5.96 Å². The van der Waals surface area contributed by atoms with Crippen LogP contribution in [0.1, 0.15) is 51.9 Å². The number of hydrogen-bond donors (Lipinski definition) is 2. The van der Waals surface area contributed by atoms with Crippen molar-refractivity contribution in [3.8, 4) is 0 Å². The number of hydrogen-bond acceptors (Lipinski definition) is 4. The van der Waals surface area contributed by atoms with Crippen LogP contribution in [0.25, 0.3) is 0 Å². The molecule has 6 nitrogen and oxygen atoms in total. The Labute approximate surface area is 119 Å². The fourth-order valence-electron chi connectivity index (χ4n) is 2.25. The summed E-state index contributed by atoms with van der Waals surface area (Å²) in [5.41, 5.74) is 1.66. The van der Waals surface area contributed by atoms with Crippen LogP contribution in [-0.4, -0.2) is 27.7 Å². The molecule has 1 amide bonds. The predicted octanol–water partition coefficient (Wildman–Crippen LogP) is 1.24. The van der Waals surface area contributed by atoms with E-state index in [-0.39, 0.29) is 17.4 Å². The highest BCUT2D eigenvalue weighted by Gasteiger charge is 2.34. The van der Waals surface area contributed by atoms with Crippen molar-refractivity contribution in [3.05, 3.63) is 17.5 Å². The summed E-state index contributed by atoms with van der Waals surface area (Å²) in [6.07, 6.45) is 1.88. The molecule has 2 rings (SSSR count). The van der Waals surface area contributed by atoms with E-state index in [1.807, 2.05) is 27.1 Å². The maximum atomic E-state index is 12.2. The number of nitrogens with one attached hydrogen (secondary N) is 2. The number of carbonyl (C=O) groups is 1. The van der Waals surface area contributed by atoms with Crippen molar-refractivity contribution in [2.75, 3.05) is 0 Å². The number of aryl methyl sites for hydroxylation is 1. The second-order valence-electron chi connectivity index (χ2n) is 6.53. The molecule has 0 aromatic carbocycles. The molecule has 0 aliphatic carbocycles. The Kier molecular flexibility index (Phi) is 3.58. The zero-order chi connectivity index (χ0) is 15.1. The summed E-state index contributed by atoms with van der Waals surface area (Å²) in [6.45, 7) is 10.3. The molecule has 0 radical (unpaired) electrons. The molecule has 2 heterocycles. The van der Waals surface area contributed by atoms with E-state index in [4.69, 9.17) is 0 Å². The van der Waals surface area contributed by atoms with E-state index in [2.05, 4.69) is 41.5 Å². The lowest BCUT2D eigenvalue weighted by Crippen LogP contribution is -2.40. The van der Waals surface area contributed by atoms with Crippen LogP contribution in [0.2, 0.25) is 0 Å². The van der Waals surface area contributed by atoms with Crippen LogP contribution in [0.3, 0.4) is 0 Å². The summed E-state index contributed by atoms with van der Waals surface area (Å²) in [5, 5.41) is 10.4. The highest BCUT2D eigenvalue weighted by Crippen LogP contribution is 2.31. The van der Waals surface area contributed by atoms with Gasteiger partial charge in [-0.1, -0.05) is 20.8 Å². The third-order valence-corrected chi connectivity index (χ3v) is 3.04. The van der Waals surface area contributed by atoms with Crippen LogP contribution in [0, 0.1) is 0 Å². The molecule has 1 unspecified atom stereocenters. The van der Waals surface area contributed by atoms with Gasteiger partial charge in [-0.2, -0.15) is 5.10 Å². The SMILES string of the molecule is CC(C)NC1=NC(c2cn(C)nc2C(C)(C)C)C(=O)N1. The van der Waals surface area contributed by atoms with Gasteiger partial charge in [0.1, 0.15) is 0 Å². The van der Waals surface area contributed by atoms with E-state index >= 15 is 0 Å². The predicted molar refractivity (Wildman–Crippen MR) is 78.5 cm³/mol. The Hall–Kier alpha value is -1.85. The fraction of sp³-hybridized carbons (Fsp3) is 0.643. The van der Waals surface area contributed by atoms with Crippen molar-refractivity contribution in [2.45, 2.75) is 52.1 Å². The van der Waals surface area contributed by atoms with Crippen LogP contribution in [0.15, 0.2) is 11.2 Å². The number of amides is 1. The molecule has 1 aromatic rings. The van der Waals surface area contributed by atoms with Gasteiger partial charge in [0, 0.05) is 30.3 Å². The molecule has 110 valence electrons. The normalized spacial score (nSPS) is 19.2. The van der Waals surface area contributed by atoms with Crippen molar-refractivity contribution in [2.24, 2.45) is 12.0 Å². The fourth-order valence-corrected chi connectivity index (χ4v) is 2.25. The van der Waals surface area contributed by atoms with Crippen molar-refractivity contribution in [3.63, 3.8) is 0 Å². The minimum Gasteiger partial charge on any atom is -0.354 e. The van der Waals surface area contributed by atoms with Crippen molar-refractivity contribution in [1.82, 2.24) is 20.4 Å². The summed E-state index contributed by atoms with van der Waals surface area (Å²) in [7, 11) is 1.86. The smallest absolute Gasteiger partial charge is 0.256 e. The van der Waals surface area contributed by atoms with Crippen LogP contribution < -0.4 is 10.6 Å². The van der Waals surface area contributed by atoms with Crippen LogP contribution in [0.4, 0.5) is 0 Å². The molecule has 1 atom stereocenters. The number of carbonyl (C=O) groups excluding carboxylic acids is 1. The highest BCUT2D eigenvalue weighted by atomic mass is 16.2. The first-order valence-electron chi connectivity index (χ1n) is 6.87. The van der Waals surface area contributed by atoms with Gasteiger partial charge in [-0.05, 0) is 13.8 Å². The number of aromatic nitrogens is 2. The number of rotatable bonds is 2. The van der Waals surface area contributed by atoms with Crippen molar-refractivity contribution < 1.29 is 4.79 Å². The van der Waals surface area contributed by atoms with Crippen molar-refractivity contribution in [1.29, 1.82) is 0 Å². The summed E-state index contributed by atoms with van der Waals surface area (Å²) in [5.74, 6) is 0.436. The molecule has 0 spiro atoms. The largest absolute Gasteiger partial charge is 0.354 e. The molecule has 0 saturated carbocycles. The molecular weight excluding hydrogens is 254 g/mol. The second kappa shape index (κ2) is 4.92. The summed E-state index contributed by atoms with van der Waals surface area (Å²) < 4.78 is 1.74. The second-order valence-corrected chi connectivity index (χ2v) is 6.53. The quantitative estimate of drug-likeness (QED) is 0.854. The Bertz CT molecular complexity index is 550. The molecule has 0 bridgehead atoms. The topological polar surface area (TPSA) is 71.3 Å².